The highest BCUT2D eigenvalue weighted by molar-refractivity contribution is 7.11. The van der Waals surface area contributed by atoms with Crippen molar-refractivity contribution in [1.29, 1.82) is 0 Å². The zero-order valence-electron chi connectivity index (χ0n) is 19.4. The molecular weight excluding hydrogens is 404 g/mol. The number of nitrogens with one attached hydrogen (secondary N) is 2. The van der Waals surface area contributed by atoms with Gasteiger partial charge in [0, 0.05) is 69.0 Å². The predicted octanol–water partition coefficient (Wildman–Crippen LogP) is 3.46. The number of anilines is 1. The van der Waals surface area contributed by atoms with Gasteiger partial charge in [-0.1, -0.05) is 12.1 Å². The first-order valence-electron chi connectivity index (χ1n) is 11.6. The van der Waals surface area contributed by atoms with E-state index in [1.807, 2.05) is 6.20 Å². The Labute approximate surface area is 191 Å². The van der Waals surface area contributed by atoms with Crippen LogP contribution in [0.15, 0.2) is 35.5 Å². The minimum atomic E-state index is 0.865. The maximum atomic E-state index is 4.74. The van der Waals surface area contributed by atoms with Crippen LogP contribution in [0.4, 0.5) is 5.69 Å². The summed E-state index contributed by atoms with van der Waals surface area (Å²) in [6, 6.07) is 8.85. The molecule has 6 nitrogen and oxygen atoms in total. The lowest BCUT2D eigenvalue weighted by atomic mass is 10.2. The molecule has 2 heterocycles. The Bertz CT molecular complexity index is 810. The van der Waals surface area contributed by atoms with Crippen LogP contribution in [0.25, 0.3) is 0 Å². The van der Waals surface area contributed by atoms with Crippen molar-refractivity contribution in [3.8, 4) is 0 Å². The average Bonchev–Trinajstić information content (AvgIpc) is 3.19. The van der Waals surface area contributed by atoms with Crippen molar-refractivity contribution in [2.45, 2.75) is 40.0 Å². The van der Waals surface area contributed by atoms with Gasteiger partial charge in [-0.3, -0.25) is 9.89 Å². The molecule has 1 aliphatic heterocycles. The van der Waals surface area contributed by atoms with Gasteiger partial charge in [-0.05, 0) is 57.9 Å². The minimum absolute atomic E-state index is 0.865. The number of aromatic nitrogens is 1. The lowest BCUT2D eigenvalue weighted by molar-refractivity contribution is 0.253. The summed E-state index contributed by atoms with van der Waals surface area (Å²) in [5, 5.41) is 7.96. The Morgan fingerprint density at radius 3 is 2.68 bits per heavy atom. The van der Waals surface area contributed by atoms with Gasteiger partial charge in [0.25, 0.3) is 0 Å². The van der Waals surface area contributed by atoms with E-state index >= 15 is 0 Å². The summed E-state index contributed by atoms with van der Waals surface area (Å²) in [6.07, 6.45) is 5.21. The van der Waals surface area contributed by atoms with Gasteiger partial charge in [-0.15, -0.1) is 11.3 Å². The smallest absolute Gasteiger partial charge is 0.191 e. The molecule has 7 heteroatoms. The third-order valence-electron chi connectivity index (χ3n) is 5.54. The molecule has 1 saturated heterocycles. The molecule has 1 aromatic carbocycles. The second kappa shape index (κ2) is 12.7. The second-order valence-electron chi connectivity index (χ2n) is 8.18. The highest BCUT2D eigenvalue weighted by Crippen LogP contribution is 2.18. The van der Waals surface area contributed by atoms with Crippen LogP contribution in [0.2, 0.25) is 0 Å². The van der Waals surface area contributed by atoms with Gasteiger partial charge in [0.1, 0.15) is 0 Å². The Morgan fingerprint density at radius 2 is 1.97 bits per heavy atom. The number of aryl methyl sites for hydroxylation is 2. The fraction of sp³-hybridized carbons (Fsp3) is 0.583. The van der Waals surface area contributed by atoms with Gasteiger partial charge in [0.05, 0.1) is 5.01 Å². The molecule has 1 aliphatic rings. The van der Waals surface area contributed by atoms with E-state index in [0.717, 1.165) is 64.6 Å². The molecule has 0 saturated carbocycles. The first-order valence-corrected chi connectivity index (χ1v) is 12.4. The van der Waals surface area contributed by atoms with Gasteiger partial charge in [0.2, 0.25) is 0 Å². The molecule has 0 amide bonds. The number of thiazole rings is 1. The van der Waals surface area contributed by atoms with Crippen LogP contribution >= 0.6 is 11.3 Å². The number of guanidine groups is 1. The Kier molecular flexibility index (Phi) is 9.62. The molecule has 1 aromatic heterocycles. The van der Waals surface area contributed by atoms with Crippen molar-refractivity contribution < 1.29 is 0 Å². The first-order chi connectivity index (χ1) is 15.1. The summed E-state index contributed by atoms with van der Waals surface area (Å²) in [4.78, 5) is 15.5. The van der Waals surface area contributed by atoms with Crippen LogP contribution < -0.4 is 15.5 Å². The number of benzene rings is 1. The van der Waals surface area contributed by atoms with Gasteiger partial charge >= 0.3 is 0 Å². The largest absolute Gasteiger partial charge is 0.369 e. The van der Waals surface area contributed by atoms with Crippen molar-refractivity contribution >= 4 is 23.0 Å². The van der Waals surface area contributed by atoms with Crippen LogP contribution in [0.1, 0.15) is 35.2 Å². The van der Waals surface area contributed by atoms with Gasteiger partial charge in [0.15, 0.2) is 5.96 Å². The zero-order chi connectivity index (χ0) is 21.9. The number of hydrogen-bond donors (Lipinski definition) is 2. The third kappa shape index (κ3) is 8.15. The molecule has 31 heavy (non-hydrogen) atoms. The van der Waals surface area contributed by atoms with E-state index < -0.39 is 0 Å². The number of hydrogen-bond acceptors (Lipinski definition) is 5. The molecule has 0 aliphatic carbocycles. The summed E-state index contributed by atoms with van der Waals surface area (Å²) in [5.41, 5.74) is 2.70. The lowest BCUT2D eigenvalue weighted by Crippen LogP contribution is -2.46. The number of piperazine rings is 1. The van der Waals surface area contributed by atoms with Gasteiger partial charge in [-0.25, -0.2) is 4.98 Å². The van der Waals surface area contributed by atoms with Crippen molar-refractivity contribution in [2.24, 2.45) is 4.99 Å². The summed E-state index contributed by atoms with van der Waals surface area (Å²) in [7, 11) is 0. The number of aliphatic imine (C=N–C) groups is 1. The third-order valence-corrected chi connectivity index (χ3v) is 6.51. The van der Waals surface area contributed by atoms with Crippen molar-refractivity contribution in [1.82, 2.24) is 20.5 Å². The number of rotatable bonds is 10. The van der Waals surface area contributed by atoms with E-state index in [2.05, 4.69) is 70.5 Å². The minimum Gasteiger partial charge on any atom is -0.369 e. The SMILES string of the molecule is CCNC(=NCCCCN1CCN(c2cccc(C)c2)CC1)NCCc1ncc(C)s1. The molecule has 0 unspecified atom stereocenters. The summed E-state index contributed by atoms with van der Waals surface area (Å²) in [5.74, 6) is 0.919. The van der Waals surface area contributed by atoms with Crippen molar-refractivity contribution in [3.05, 3.63) is 45.9 Å². The van der Waals surface area contributed by atoms with E-state index in [1.165, 1.54) is 34.1 Å². The molecular formula is C24H38N6S. The Hall–Kier alpha value is -2.12. The number of nitrogens with zero attached hydrogens (tertiary/aromatic N) is 4. The Morgan fingerprint density at radius 1 is 1.13 bits per heavy atom. The fourth-order valence-electron chi connectivity index (χ4n) is 3.84. The maximum Gasteiger partial charge on any atom is 0.191 e. The topological polar surface area (TPSA) is 55.8 Å². The maximum absolute atomic E-state index is 4.74. The summed E-state index contributed by atoms with van der Waals surface area (Å²) in [6.45, 7) is 14.7. The monoisotopic (exact) mass is 442 g/mol. The summed E-state index contributed by atoms with van der Waals surface area (Å²) < 4.78 is 0. The van der Waals surface area contributed by atoms with E-state index in [9.17, 15) is 0 Å². The molecule has 170 valence electrons. The standard InChI is InChI=1S/C24H38N6S/c1-4-25-24(27-12-10-23-28-19-21(3)31-23)26-11-5-6-13-29-14-16-30(17-15-29)22-9-7-8-20(2)18-22/h7-9,18-19H,4-6,10-17H2,1-3H3,(H2,25,26,27). The summed E-state index contributed by atoms with van der Waals surface area (Å²) >= 11 is 1.77. The van der Waals surface area contributed by atoms with E-state index in [1.54, 1.807) is 11.3 Å². The van der Waals surface area contributed by atoms with Crippen LogP contribution in [0, 0.1) is 13.8 Å². The quantitative estimate of drug-likeness (QED) is 0.335. The molecule has 0 spiro atoms. The number of unbranched alkanes of at least 4 members (excludes halogenated alkanes) is 1. The highest BCUT2D eigenvalue weighted by Gasteiger charge is 2.16. The van der Waals surface area contributed by atoms with Crippen LogP contribution in [-0.2, 0) is 6.42 Å². The molecule has 2 aromatic rings. The highest BCUT2D eigenvalue weighted by atomic mass is 32.1. The molecule has 0 atom stereocenters. The second-order valence-corrected chi connectivity index (χ2v) is 9.50. The fourth-order valence-corrected chi connectivity index (χ4v) is 4.63. The first kappa shape index (κ1) is 23.5. The molecule has 3 rings (SSSR count). The molecule has 0 bridgehead atoms. The normalized spacial score (nSPS) is 15.3. The molecule has 2 N–H and O–H groups in total. The van der Waals surface area contributed by atoms with Crippen molar-refractivity contribution in [3.63, 3.8) is 0 Å². The predicted molar refractivity (Wildman–Crippen MR) is 134 cm³/mol. The molecule has 0 radical (unpaired) electrons. The van der Waals surface area contributed by atoms with Crippen LogP contribution in [-0.4, -0.2) is 68.2 Å². The average molecular weight is 443 g/mol. The van der Waals surface area contributed by atoms with Gasteiger partial charge < -0.3 is 15.5 Å². The van der Waals surface area contributed by atoms with Crippen LogP contribution in [0.3, 0.4) is 0 Å². The molecule has 1 fully saturated rings. The van der Waals surface area contributed by atoms with E-state index in [0.29, 0.717) is 0 Å². The zero-order valence-corrected chi connectivity index (χ0v) is 20.2. The lowest BCUT2D eigenvalue weighted by Gasteiger charge is -2.36. The van der Waals surface area contributed by atoms with E-state index in [4.69, 9.17) is 4.99 Å². The van der Waals surface area contributed by atoms with Crippen LogP contribution in [0.5, 0.6) is 0 Å². The van der Waals surface area contributed by atoms with E-state index in [-0.39, 0.29) is 0 Å². The van der Waals surface area contributed by atoms with Crippen molar-refractivity contribution in [2.75, 3.05) is 57.3 Å². The Balaban J connectivity index is 1.30. The van der Waals surface area contributed by atoms with Gasteiger partial charge in [-0.2, -0.15) is 0 Å².